The van der Waals surface area contributed by atoms with E-state index in [0.29, 0.717) is 34.4 Å². The third kappa shape index (κ3) is 4.37. The van der Waals surface area contributed by atoms with Gasteiger partial charge in [-0.1, -0.05) is 0 Å². The van der Waals surface area contributed by atoms with Gasteiger partial charge in [-0.15, -0.1) is 11.8 Å². The number of nitrogens with one attached hydrogen (secondary N) is 2. The Morgan fingerprint density at radius 2 is 1.94 bits per heavy atom. The van der Waals surface area contributed by atoms with Crippen LogP contribution in [0.2, 0.25) is 0 Å². The van der Waals surface area contributed by atoms with Crippen LogP contribution in [-0.2, 0) is 7.05 Å². The van der Waals surface area contributed by atoms with E-state index in [1.54, 1.807) is 61.5 Å². The van der Waals surface area contributed by atoms with Crippen molar-refractivity contribution in [2.24, 2.45) is 7.05 Å². The van der Waals surface area contributed by atoms with Gasteiger partial charge in [-0.3, -0.25) is 14.3 Å². The topological polar surface area (TPSA) is 94.0 Å². The van der Waals surface area contributed by atoms with Crippen LogP contribution < -0.4 is 20.9 Å². The minimum absolute atomic E-state index is 0.264. The zero-order chi connectivity index (χ0) is 22.8. The van der Waals surface area contributed by atoms with Crippen LogP contribution in [0.5, 0.6) is 11.5 Å². The number of halogens is 1. The second kappa shape index (κ2) is 8.91. The molecule has 1 aliphatic rings. The predicted molar refractivity (Wildman–Crippen MR) is 126 cm³/mol. The highest BCUT2D eigenvalue weighted by atomic mass is 32.2. The molecule has 166 valence electrons. The summed E-state index contributed by atoms with van der Waals surface area (Å²) in [6.45, 7) is 0.846. The Bertz CT molecular complexity index is 1360. The summed E-state index contributed by atoms with van der Waals surface area (Å²) in [6, 6.07) is 11.1. The second-order valence-corrected chi connectivity index (χ2v) is 8.32. The standard InChI is InChI=1S/C23H19FN6O2S/c1-30-22(31)17(13-28-23(30)29-15-4-2-14(24)3-5-15)18-7-6-16(12-27-18)32-19-8-9-26-21-20(19)25-10-11-33-21/h2-9,12-13,25H,10-11H2,1H3,(H,28,29). The fraction of sp³-hybridized carbons (Fsp3) is 0.130. The lowest BCUT2D eigenvalue weighted by atomic mass is 10.2. The Hall–Kier alpha value is -3.92. The second-order valence-electron chi connectivity index (χ2n) is 7.24. The van der Waals surface area contributed by atoms with Crippen molar-refractivity contribution in [2.45, 2.75) is 5.03 Å². The lowest BCUT2D eigenvalue weighted by Gasteiger charge is -2.19. The van der Waals surface area contributed by atoms with Crippen LogP contribution in [0.3, 0.4) is 0 Å². The number of ether oxygens (including phenoxy) is 1. The maximum atomic E-state index is 13.1. The average Bonchev–Trinajstić information content (AvgIpc) is 2.84. The van der Waals surface area contributed by atoms with E-state index in [2.05, 4.69) is 25.6 Å². The van der Waals surface area contributed by atoms with Gasteiger partial charge < -0.3 is 15.4 Å². The molecule has 8 nitrogen and oxygen atoms in total. The first-order chi connectivity index (χ1) is 16.1. The van der Waals surface area contributed by atoms with Crippen molar-refractivity contribution in [1.82, 2.24) is 19.5 Å². The van der Waals surface area contributed by atoms with E-state index in [9.17, 15) is 9.18 Å². The molecular formula is C23H19FN6O2S. The van der Waals surface area contributed by atoms with Crippen molar-refractivity contribution in [3.05, 3.63) is 77.2 Å². The van der Waals surface area contributed by atoms with Crippen LogP contribution in [0.15, 0.2) is 70.9 Å². The molecule has 0 radical (unpaired) electrons. The molecule has 2 N–H and O–H groups in total. The van der Waals surface area contributed by atoms with Gasteiger partial charge in [0.15, 0.2) is 5.75 Å². The summed E-state index contributed by atoms with van der Waals surface area (Å²) >= 11 is 1.68. The van der Waals surface area contributed by atoms with Crippen LogP contribution in [-0.4, -0.2) is 31.8 Å². The van der Waals surface area contributed by atoms with Crippen LogP contribution in [0.4, 0.5) is 21.7 Å². The normalized spacial score (nSPS) is 12.5. The fourth-order valence-corrected chi connectivity index (χ4v) is 4.18. The molecule has 10 heteroatoms. The zero-order valence-corrected chi connectivity index (χ0v) is 18.4. The molecule has 0 amide bonds. The van der Waals surface area contributed by atoms with Crippen molar-refractivity contribution in [3.8, 4) is 22.8 Å². The minimum Gasteiger partial charge on any atom is -0.453 e. The molecule has 3 aromatic heterocycles. The van der Waals surface area contributed by atoms with Crippen LogP contribution in [0.1, 0.15) is 0 Å². The molecule has 0 unspecified atom stereocenters. The molecular weight excluding hydrogens is 443 g/mol. The van der Waals surface area contributed by atoms with Gasteiger partial charge in [0.2, 0.25) is 5.95 Å². The van der Waals surface area contributed by atoms with E-state index in [0.717, 1.165) is 23.0 Å². The Balaban J connectivity index is 1.36. The fourth-order valence-electron chi connectivity index (χ4n) is 3.33. The number of pyridine rings is 2. The molecule has 0 saturated carbocycles. The Labute approximate surface area is 192 Å². The molecule has 0 atom stereocenters. The van der Waals surface area contributed by atoms with E-state index in [4.69, 9.17) is 4.74 Å². The number of fused-ring (bicyclic) bond motifs is 1. The number of anilines is 3. The third-order valence-corrected chi connectivity index (χ3v) is 6.02. The van der Waals surface area contributed by atoms with Gasteiger partial charge in [-0.05, 0) is 36.4 Å². The van der Waals surface area contributed by atoms with Gasteiger partial charge in [0.25, 0.3) is 5.56 Å². The molecule has 0 spiro atoms. The van der Waals surface area contributed by atoms with Gasteiger partial charge in [-0.2, -0.15) is 0 Å². The first-order valence-corrected chi connectivity index (χ1v) is 11.2. The molecule has 4 heterocycles. The highest BCUT2D eigenvalue weighted by Gasteiger charge is 2.16. The van der Waals surface area contributed by atoms with Crippen LogP contribution >= 0.6 is 11.8 Å². The number of hydrogen-bond donors (Lipinski definition) is 2. The van der Waals surface area contributed by atoms with Gasteiger partial charge in [0, 0.05) is 43.5 Å². The summed E-state index contributed by atoms with van der Waals surface area (Å²) in [7, 11) is 1.61. The molecule has 1 aromatic carbocycles. The van der Waals surface area contributed by atoms with Gasteiger partial charge >= 0.3 is 0 Å². The van der Waals surface area contributed by atoms with E-state index >= 15 is 0 Å². The molecule has 4 aromatic rings. The molecule has 33 heavy (non-hydrogen) atoms. The predicted octanol–water partition coefficient (Wildman–Crippen LogP) is 4.43. The summed E-state index contributed by atoms with van der Waals surface area (Å²) in [5.74, 6) is 2.18. The average molecular weight is 463 g/mol. The maximum Gasteiger partial charge on any atom is 0.264 e. The molecule has 0 bridgehead atoms. The monoisotopic (exact) mass is 462 g/mol. The first-order valence-electron chi connectivity index (χ1n) is 10.2. The number of thioether (sulfide) groups is 1. The smallest absolute Gasteiger partial charge is 0.264 e. The Kier molecular flexibility index (Phi) is 5.66. The van der Waals surface area contributed by atoms with Crippen molar-refractivity contribution in [1.29, 1.82) is 0 Å². The Morgan fingerprint density at radius 3 is 2.73 bits per heavy atom. The maximum absolute atomic E-state index is 13.1. The van der Waals surface area contributed by atoms with Crippen molar-refractivity contribution in [2.75, 3.05) is 22.9 Å². The summed E-state index contributed by atoms with van der Waals surface area (Å²) in [6.07, 6.45) is 4.76. The number of nitrogens with zero attached hydrogens (tertiary/aromatic N) is 4. The van der Waals surface area contributed by atoms with E-state index < -0.39 is 0 Å². The van der Waals surface area contributed by atoms with Crippen molar-refractivity contribution >= 4 is 29.1 Å². The summed E-state index contributed by atoms with van der Waals surface area (Å²) in [5, 5.41) is 7.24. The molecule has 5 rings (SSSR count). The number of rotatable bonds is 5. The van der Waals surface area contributed by atoms with Gasteiger partial charge in [0.1, 0.15) is 22.3 Å². The SMILES string of the molecule is Cn1c(Nc2ccc(F)cc2)ncc(-c2ccc(Oc3ccnc4c3NCCS4)cn2)c1=O. The molecule has 0 saturated heterocycles. The highest BCUT2D eigenvalue weighted by molar-refractivity contribution is 7.99. The number of hydrogen-bond acceptors (Lipinski definition) is 8. The highest BCUT2D eigenvalue weighted by Crippen LogP contribution is 2.38. The van der Waals surface area contributed by atoms with Crippen molar-refractivity contribution < 1.29 is 9.13 Å². The third-order valence-electron chi connectivity index (χ3n) is 5.03. The Morgan fingerprint density at radius 1 is 1.09 bits per heavy atom. The van der Waals surface area contributed by atoms with Gasteiger partial charge in [-0.25, -0.2) is 14.4 Å². The first kappa shape index (κ1) is 21.0. The summed E-state index contributed by atoms with van der Waals surface area (Å²) < 4.78 is 20.5. The van der Waals surface area contributed by atoms with Crippen LogP contribution in [0.25, 0.3) is 11.3 Å². The van der Waals surface area contributed by atoms with E-state index in [-0.39, 0.29) is 11.4 Å². The lowest BCUT2D eigenvalue weighted by Crippen LogP contribution is -2.22. The van der Waals surface area contributed by atoms with E-state index in [1.165, 1.54) is 22.9 Å². The molecule has 1 aliphatic heterocycles. The summed E-state index contributed by atoms with van der Waals surface area (Å²) in [5.41, 5.74) is 2.07. The lowest BCUT2D eigenvalue weighted by molar-refractivity contribution is 0.479. The van der Waals surface area contributed by atoms with Crippen LogP contribution in [0, 0.1) is 5.82 Å². The summed E-state index contributed by atoms with van der Waals surface area (Å²) in [4.78, 5) is 26.0. The minimum atomic E-state index is -0.338. The van der Waals surface area contributed by atoms with Crippen molar-refractivity contribution in [3.63, 3.8) is 0 Å². The number of aromatic nitrogens is 4. The van der Waals surface area contributed by atoms with E-state index in [1.807, 2.05) is 0 Å². The quantitative estimate of drug-likeness (QED) is 0.450. The van der Waals surface area contributed by atoms with Gasteiger partial charge in [0.05, 0.1) is 17.5 Å². The number of benzene rings is 1. The molecule has 0 fully saturated rings. The largest absolute Gasteiger partial charge is 0.453 e. The zero-order valence-electron chi connectivity index (χ0n) is 17.6. The molecule has 0 aliphatic carbocycles.